The summed E-state index contributed by atoms with van der Waals surface area (Å²) >= 11 is 4.88. The Bertz CT molecular complexity index is 435. The van der Waals surface area contributed by atoms with E-state index < -0.39 is 0 Å². The molecule has 1 amide bonds. The first-order chi connectivity index (χ1) is 8.52. The van der Waals surface area contributed by atoms with E-state index in [1.165, 1.54) is 0 Å². The minimum absolute atomic E-state index is 0.0426. The van der Waals surface area contributed by atoms with Gasteiger partial charge in [0.1, 0.15) is 4.99 Å². The maximum Gasteiger partial charge on any atom is 0.224 e. The number of hydrogen-bond donors (Lipinski definition) is 2. The molecule has 1 atom stereocenters. The fraction of sp³-hybridized carbons (Fsp3) is 0.385. The number of rotatable bonds is 6. The molecule has 0 aliphatic carbocycles. The van der Waals surface area contributed by atoms with Crippen molar-refractivity contribution in [3.63, 3.8) is 0 Å². The Morgan fingerprint density at radius 3 is 2.89 bits per heavy atom. The van der Waals surface area contributed by atoms with Gasteiger partial charge in [-0.25, -0.2) is 0 Å². The number of nitrogens with one attached hydrogen (secondary N) is 1. The minimum Gasteiger partial charge on any atom is -0.389 e. The first-order valence-corrected chi connectivity index (χ1v) is 6.16. The molecule has 0 fully saturated rings. The van der Waals surface area contributed by atoms with Crippen LogP contribution in [0.15, 0.2) is 24.3 Å². The minimum atomic E-state index is -0.0426. The van der Waals surface area contributed by atoms with Crippen LogP contribution >= 0.6 is 12.2 Å². The van der Waals surface area contributed by atoms with E-state index in [-0.39, 0.29) is 12.0 Å². The summed E-state index contributed by atoms with van der Waals surface area (Å²) < 4.78 is 5.09. The maximum absolute atomic E-state index is 11.7. The number of carbonyl (C=O) groups excluding carboxylic acids is 1. The Morgan fingerprint density at radius 1 is 1.56 bits per heavy atom. The normalized spacial score (nSPS) is 11.9. The molecule has 18 heavy (non-hydrogen) atoms. The maximum atomic E-state index is 11.7. The Kier molecular flexibility index (Phi) is 5.74. The van der Waals surface area contributed by atoms with Crippen molar-refractivity contribution in [1.82, 2.24) is 0 Å². The summed E-state index contributed by atoms with van der Waals surface area (Å²) in [6.07, 6.45) is 1.20. The molecule has 98 valence electrons. The Hall–Kier alpha value is -1.46. The molecule has 1 aromatic carbocycles. The lowest BCUT2D eigenvalue weighted by Crippen LogP contribution is -2.16. The van der Waals surface area contributed by atoms with Crippen LogP contribution in [0.4, 0.5) is 5.69 Å². The second-order valence-electron chi connectivity index (χ2n) is 4.08. The zero-order chi connectivity index (χ0) is 13.5. The van der Waals surface area contributed by atoms with E-state index in [2.05, 4.69) is 5.32 Å². The van der Waals surface area contributed by atoms with Gasteiger partial charge in [0.25, 0.3) is 0 Å². The Labute approximate surface area is 113 Å². The smallest absolute Gasteiger partial charge is 0.224 e. The second kappa shape index (κ2) is 7.08. The first-order valence-electron chi connectivity index (χ1n) is 5.75. The lowest BCUT2D eigenvalue weighted by atomic mass is 10.2. The fourth-order valence-corrected chi connectivity index (χ4v) is 1.55. The van der Waals surface area contributed by atoms with Crippen LogP contribution in [-0.4, -0.2) is 24.1 Å². The summed E-state index contributed by atoms with van der Waals surface area (Å²) in [4.78, 5) is 12.0. The van der Waals surface area contributed by atoms with E-state index in [0.717, 1.165) is 5.56 Å². The third-order valence-corrected chi connectivity index (χ3v) is 2.85. The number of thiocarbonyl (C=S) groups is 1. The van der Waals surface area contributed by atoms with Gasteiger partial charge in [-0.3, -0.25) is 4.79 Å². The van der Waals surface area contributed by atoms with Gasteiger partial charge in [-0.2, -0.15) is 0 Å². The number of nitrogens with two attached hydrogens (primary N) is 1. The van der Waals surface area contributed by atoms with Crippen molar-refractivity contribution in [1.29, 1.82) is 0 Å². The van der Waals surface area contributed by atoms with Crippen molar-refractivity contribution >= 4 is 28.8 Å². The molecule has 0 radical (unpaired) electrons. The van der Waals surface area contributed by atoms with Gasteiger partial charge in [0, 0.05) is 24.8 Å². The van der Waals surface area contributed by atoms with Crippen LogP contribution in [0, 0.1) is 0 Å². The molecular weight excluding hydrogens is 248 g/mol. The third kappa shape index (κ3) is 4.81. The number of hydrogen-bond acceptors (Lipinski definition) is 3. The third-order valence-electron chi connectivity index (χ3n) is 2.61. The summed E-state index contributed by atoms with van der Waals surface area (Å²) in [5.41, 5.74) is 6.98. The molecule has 1 rings (SSSR count). The molecule has 5 heteroatoms. The van der Waals surface area contributed by atoms with Gasteiger partial charge >= 0.3 is 0 Å². The SMILES string of the molecule is COC(C)CCC(=O)Nc1cccc(C(N)=S)c1. The van der Waals surface area contributed by atoms with Crippen LogP contribution in [0.2, 0.25) is 0 Å². The molecule has 4 nitrogen and oxygen atoms in total. The molecule has 0 saturated carbocycles. The van der Waals surface area contributed by atoms with E-state index in [1.54, 1.807) is 19.2 Å². The lowest BCUT2D eigenvalue weighted by molar-refractivity contribution is -0.116. The summed E-state index contributed by atoms with van der Waals surface area (Å²) in [6.45, 7) is 1.93. The van der Waals surface area contributed by atoms with Gasteiger partial charge in [-0.1, -0.05) is 24.4 Å². The van der Waals surface area contributed by atoms with E-state index in [4.69, 9.17) is 22.7 Å². The number of anilines is 1. The van der Waals surface area contributed by atoms with Gasteiger partial charge < -0.3 is 15.8 Å². The Morgan fingerprint density at radius 2 is 2.28 bits per heavy atom. The van der Waals surface area contributed by atoms with Crippen LogP contribution in [0.3, 0.4) is 0 Å². The summed E-state index contributed by atoms with van der Waals surface area (Å²) in [5, 5.41) is 2.81. The molecule has 1 unspecified atom stereocenters. The number of ether oxygens (including phenoxy) is 1. The molecule has 0 bridgehead atoms. The van der Waals surface area contributed by atoms with Gasteiger partial charge in [0.15, 0.2) is 0 Å². The molecule has 3 N–H and O–H groups in total. The zero-order valence-electron chi connectivity index (χ0n) is 10.6. The average molecular weight is 266 g/mol. The second-order valence-corrected chi connectivity index (χ2v) is 4.52. The topological polar surface area (TPSA) is 64.3 Å². The first kappa shape index (κ1) is 14.6. The van der Waals surface area contributed by atoms with Gasteiger partial charge in [-0.15, -0.1) is 0 Å². The van der Waals surface area contributed by atoms with E-state index in [1.807, 2.05) is 19.1 Å². The monoisotopic (exact) mass is 266 g/mol. The van der Waals surface area contributed by atoms with Crippen molar-refractivity contribution in [2.75, 3.05) is 12.4 Å². The molecule has 0 spiro atoms. The summed E-state index contributed by atoms with van der Waals surface area (Å²) in [7, 11) is 1.63. The van der Waals surface area contributed by atoms with Gasteiger partial charge in [0.2, 0.25) is 5.91 Å². The van der Waals surface area contributed by atoms with E-state index >= 15 is 0 Å². The highest BCUT2D eigenvalue weighted by Crippen LogP contribution is 2.11. The number of methoxy groups -OCH3 is 1. The quantitative estimate of drug-likeness (QED) is 0.774. The van der Waals surface area contributed by atoms with Crippen molar-refractivity contribution in [3.8, 4) is 0 Å². The summed E-state index contributed by atoms with van der Waals surface area (Å²) in [5.74, 6) is -0.0426. The van der Waals surface area contributed by atoms with Crippen molar-refractivity contribution in [2.45, 2.75) is 25.9 Å². The predicted molar refractivity (Wildman–Crippen MR) is 76.7 cm³/mol. The van der Waals surface area contributed by atoms with E-state index in [0.29, 0.717) is 23.5 Å². The molecule has 0 saturated heterocycles. The zero-order valence-corrected chi connectivity index (χ0v) is 11.4. The number of carbonyl (C=O) groups is 1. The van der Waals surface area contributed by atoms with Crippen molar-refractivity contribution in [3.05, 3.63) is 29.8 Å². The van der Waals surface area contributed by atoms with E-state index in [9.17, 15) is 4.79 Å². The fourth-order valence-electron chi connectivity index (χ4n) is 1.43. The average Bonchev–Trinajstić information content (AvgIpc) is 2.36. The predicted octanol–water partition coefficient (Wildman–Crippen LogP) is 2.07. The molecular formula is C13H18N2O2S. The molecule has 0 aliphatic heterocycles. The largest absolute Gasteiger partial charge is 0.389 e. The lowest BCUT2D eigenvalue weighted by Gasteiger charge is -2.10. The molecule has 1 aromatic rings. The molecule has 0 aliphatic rings. The molecule has 0 heterocycles. The van der Waals surface area contributed by atoms with Gasteiger partial charge in [-0.05, 0) is 25.5 Å². The van der Waals surface area contributed by atoms with Crippen LogP contribution in [0.25, 0.3) is 0 Å². The van der Waals surface area contributed by atoms with Crippen LogP contribution in [-0.2, 0) is 9.53 Å². The standard InChI is InChI=1S/C13H18N2O2S/c1-9(17-2)6-7-12(16)15-11-5-3-4-10(8-11)13(14)18/h3-5,8-9H,6-7H2,1-2H3,(H2,14,18)(H,15,16). The number of amides is 1. The van der Waals surface area contributed by atoms with Crippen molar-refractivity contribution in [2.24, 2.45) is 5.73 Å². The van der Waals surface area contributed by atoms with Gasteiger partial charge in [0.05, 0.1) is 6.10 Å². The number of benzene rings is 1. The highest BCUT2D eigenvalue weighted by atomic mass is 32.1. The Balaban J connectivity index is 2.54. The molecule has 0 aromatic heterocycles. The van der Waals surface area contributed by atoms with Crippen LogP contribution in [0.5, 0.6) is 0 Å². The summed E-state index contributed by atoms with van der Waals surface area (Å²) in [6, 6.07) is 7.19. The van der Waals surface area contributed by atoms with Crippen LogP contribution in [0.1, 0.15) is 25.3 Å². The highest BCUT2D eigenvalue weighted by Gasteiger charge is 2.06. The van der Waals surface area contributed by atoms with Crippen LogP contribution < -0.4 is 11.1 Å². The van der Waals surface area contributed by atoms with Crippen molar-refractivity contribution < 1.29 is 9.53 Å². The highest BCUT2D eigenvalue weighted by molar-refractivity contribution is 7.80.